The van der Waals surface area contributed by atoms with E-state index in [0.29, 0.717) is 48.5 Å². The molecule has 3 aliphatic heterocycles. The third-order valence-corrected chi connectivity index (χ3v) is 7.32. The molecule has 2 saturated heterocycles. The van der Waals surface area contributed by atoms with Crippen LogP contribution in [0.3, 0.4) is 0 Å². The van der Waals surface area contributed by atoms with Crippen LogP contribution in [-0.2, 0) is 9.59 Å². The van der Waals surface area contributed by atoms with Crippen molar-refractivity contribution in [2.75, 3.05) is 20.1 Å². The molecule has 124 valence electrons. The largest absolute Gasteiger partial charge is 0.300 e. The summed E-state index contributed by atoms with van der Waals surface area (Å²) >= 11 is 0. The summed E-state index contributed by atoms with van der Waals surface area (Å²) in [5.74, 6) is 1.13. The van der Waals surface area contributed by atoms with Gasteiger partial charge in [-0.3, -0.25) is 14.5 Å². The van der Waals surface area contributed by atoms with Gasteiger partial charge in [-0.2, -0.15) is 0 Å². The number of hydrogen-bond donors (Lipinski definition) is 0. The minimum Gasteiger partial charge on any atom is -0.300 e. The van der Waals surface area contributed by atoms with Crippen LogP contribution in [0.4, 0.5) is 0 Å². The van der Waals surface area contributed by atoms with Crippen molar-refractivity contribution in [3.63, 3.8) is 0 Å². The highest BCUT2D eigenvalue weighted by Crippen LogP contribution is 2.48. The van der Waals surface area contributed by atoms with E-state index >= 15 is 0 Å². The lowest BCUT2D eigenvalue weighted by Gasteiger charge is -2.46. The summed E-state index contributed by atoms with van der Waals surface area (Å²) in [4.78, 5) is 30.6. The van der Waals surface area contributed by atoms with E-state index in [4.69, 9.17) is 0 Å². The van der Waals surface area contributed by atoms with Gasteiger partial charge in [0.2, 0.25) is 0 Å². The molecule has 5 aliphatic rings. The number of hydrogen-bond acceptors (Lipinski definition) is 4. The molecular weight excluding hydrogens is 288 g/mol. The van der Waals surface area contributed by atoms with Crippen LogP contribution in [-0.4, -0.2) is 59.6 Å². The fraction of sp³-hybridized carbons (Fsp3) is 0.789. The zero-order chi connectivity index (χ0) is 15.7. The predicted octanol–water partition coefficient (Wildman–Crippen LogP) is 1.65. The second-order valence-corrected chi connectivity index (χ2v) is 8.48. The fourth-order valence-electron chi connectivity index (χ4n) is 6.22. The van der Waals surface area contributed by atoms with Gasteiger partial charge in [-0.15, -0.1) is 0 Å². The van der Waals surface area contributed by atoms with Crippen molar-refractivity contribution in [3.05, 3.63) is 11.6 Å². The number of carbonyl (C=O) groups excluding carboxylic acids is 2. The highest BCUT2D eigenvalue weighted by Gasteiger charge is 2.55. The average Bonchev–Trinajstić information content (AvgIpc) is 2.88. The van der Waals surface area contributed by atoms with E-state index in [1.807, 2.05) is 0 Å². The van der Waals surface area contributed by atoms with Crippen molar-refractivity contribution in [3.8, 4) is 0 Å². The summed E-state index contributed by atoms with van der Waals surface area (Å²) < 4.78 is 0. The van der Waals surface area contributed by atoms with Gasteiger partial charge in [-0.1, -0.05) is 11.6 Å². The number of carbonyl (C=O) groups is 2. The van der Waals surface area contributed by atoms with E-state index in [1.165, 1.54) is 12.0 Å². The minimum absolute atomic E-state index is 0.0521. The Kier molecular flexibility index (Phi) is 3.12. The Labute approximate surface area is 137 Å². The minimum atomic E-state index is -0.123. The molecule has 3 heterocycles. The number of allylic oxidation sites excluding steroid dienone is 1. The maximum absolute atomic E-state index is 12.8. The highest BCUT2D eigenvalue weighted by molar-refractivity contribution is 5.93. The summed E-state index contributed by atoms with van der Waals surface area (Å²) in [5, 5.41) is 0. The van der Waals surface area contributed by atoms with Crippen molar-refractivity contribution >= 4 is 11.6 Å². The molecule has 2 aliphatic carbocycles. The van der Waals surface area contributed by atoms with Gasteiger partial charge in [-0.25, -0.2) is 0 Å². The van der Waals surface area contributed by atoms with E-state index < -0.39 is 0 Å². The molecule has 4 heteroatoms. The van der Waals surface area contributed by atoms with Gasteiger partial charge in [-0.05, 0) is 38.6 Å². The molecule has 6 unspecified atom stereocenters. The van der Waals surface area contributed by atoms with Crippen LogP contribution in [0.15, 0.2) is 11.6 Å². The molecule has 0 N–H and O–H groups in total. The number of Topliss-reactive ketones (excluding diaryl/α,β-unsaturated/α-hetero) is 2. The molecule has 23 heavy (non-hydrogen) atoms. The lowest BCUT2D eigenvalue weighted by molar-refractivity contribution is -0.136. The number of nitrogens with zero attached hydrogens (tertiary/aromatic N) is 2. The van der Waals surface area contributed by atoms with E-state index in [9.17, 15) is 9.59 Å². The lowest BCUT2D eigenvalue weighted by atomic mass is 9.67. The number of piperazine rings is 1. The Morgan fingerprint density at radius 3 is 2.78 bits per heavy atom. The summed E-state index contributed by atoms with van der Waals surface area (Å²) in [5.41, 5.74) is 1.43. The summed E-state index contributed by atoms with van der Waals surface area (Å²) in [6, 6.07) is 1.48. The smallest absolute Gasteiger partial charge is 0.140 e. The van der Waals surface area contributed by atoms with Gasteiger partial charge in [0.05, 0.1) is 0 Å². The monoisotopic (exact) mass is 314 g/mol. The van der Waals surface area contributed by atoms with Gasteiger partial charge in [0, 0.05) is 55.9 Å². The lowest BCUT2D eigenvalue weighted by Crippen LogP contribution is -2.59. The van der Waals surface area contributed by atoms with E-state index in [1.54, 1.807) is 0 Å². The first-order chi connectivity index (χ1) is 11.1. The van der Waals surface area contributed by atoms with Crippen molar-refractivity contribution < 1.29 is 9.59 Å². The normalized spacial score (nSPS) is 46.9. The van der Waals surface area contributed by atoms with E-state index in [2.05, 4.69) is 22.9 Å². The van der Waals surface area contributed by atoms with Gasteiger partial charge in [0.25, 0.3) is 0 Å². The summed E-state index contributed by atoms with van der Waals surface area (Å²) in [6.45, 7) is 2.22. The van der Waals surface area contributed by atoms with Crippen LogP contribution >= 0.6 is 0 Å². The standard InChI is InChI=1S/C19H26N2O2/c1-20-9-14-8-12-3-5-17(23)18-15-7-11(2-4-16(15)22)6-13(20)10-21(14)19(12)18/h7,12-15,18-19H,2-6,8-10H2,1H3. The Bertz CT molecular complexity index is 598. The number of likely N-dealkylation sites (N-methyl/N-ethyl adjacent to an activating group) is 1. The second kappa shape index (κ2) is 5.00. The Morgan fingerprint density at radius 1 is 1.04 bits per heavy atom. The number of rotatable bonds is 0. The van der Waals surface area contributed by atoms with Crippen LogP contribution in [0.25, 0.3) is 0 Å². The average molecular weight is 314 g/mol. The molecule has 3 fully saturated rings. The quantitative estimate of drug-likeness (QED) is 0.638. The third-order valence-electron chi connectivity index (χ3n) is 7.32. The topological polar surface area (TPSA) is 40.6 Å². The molecule has 1 saturated carbocycles. The van der Waals surface area contributed by atoms with Crippen molar-refractivity contribution in [1.82, 2.24) is 9.80 Å². The molecule has 0 aromatic heterocycles. The van der Waals surface area contributed by atoms with Crippen LogP contribution in [0.2, 0.25) is 0 Å². The molecule has 0 spiro atoms. The molecule has 0 aromatic rings. The second-order valence-electron chi connectivity index (χ2n) is 8.48. The first-order valence-corrected chi connectivity index (χ1v) is 9.33. The zero-order valence-electron chi connectivity index (χ0n) is 13.9. The highest BCUT2D eigenvalue weighted by atomic mass is 16.1. The van der Waals surface area contributed by atoms with Crippen LogP contribution in [0, 0.1) is 17.8 Å². The predicted molar refractivity (Wildman–Crippen MR) is 87.0 cm³/mol. The van der Waals surface area contributed by atoms with Crippen LogP contribution < -0.4 is 0 Å². The van der Waals surface area contributed by atoms with Gasteiger partial charge in [0.1, 0.15) is 11.6 Å². The third kappa shape index (κ3) is 2.04. The van der Waals surface area contributed by atoms with Gasteiger partial charge < -0.3 is 4.90 Å². The van der Waals surface area contributed by atoms with E-state index in [0.717, 1.165) is 32.4 Å². The zero-order valence-corrected chi connectivity index (χ0v) is 13.9. The SMILES string of the molecule is CN1CC2CC3CCC(=O)C4C5C=C(CCC5=O)CC1CN2C34. The molecule has 5 rings (SSSR count). The molecule has 0 amide bonds. The van der Waals surface area contributed by atoms with Gasteiger partial charge in [0.15, 0.2) is 0 Å². The Morgan fingerprint density at radius 2 is 1.91 bits per heavy atom. The molecule has 0 aromatic carbocycles. The molecular formula is C19H26N2O2. The number of fused-ring (bicyclic) bond motifs is 3. The van der Waals surface area contributed by atoms with Gasteiger partial charge >= 0.3 is 0 Å². The Hall–Kier alpha value is -1.00. The first-order valence-electron chi connectivity index (χ1n) is 9.33. The maximum atomic E-state index is 12.8. The van der Waals surface area contributed by atoms with Crippen molar-refractivity contribution in [1.29, 1.82) is 0 Å². The summed E-state index contributed by atoms with van der Waals surface area (Å²) in [7, 11) is 2.26. The first kappa shape index (κ1) is 14.4. The van der Waals surface area contributed by atoms with Crippen molar-refractivity contribution in [2.45, 2.75) is 56.7 Å². The molecule has 6 atom stereocenters. The molecule has 4 bridgehead atoms. The van der Waals surface area contributed by atoms with Crippen molar-refractivity contribution in [2.24, 2.45) is 17.8 Å². The number of ketones is 2. The fourth-order valence-corrected chi connectivity index (χ4v) is 6.22. The molecule has 4 nitrogen and oxygen atoms in total. The molecule has 0 radical (unpaired) electrons. The Balaban J connectivity index is 1.64. The van der Waals surface area contributed by atoms with Crippen LogP contribution in [0.5, 0.6) is 0 Å². The van der Waals surface area contributed by atoms with E-state index in [-0.39, 0.29) is 11.8 Å². The maximum Gasteiger partial charge on any atom is 0.140 e. The summed E-state index contributed by atoms with van der Waals surface area (Å²) in [6.07, 6.45) is 7.83. The van der Waals surface area contributed by atoms with Crippen LogP contribution in [0.1, 0.15) is 38.5 Å².